The van der Waals surface area contributed by atoms with Crippen LogP contribution in [-0.2, 0) is 6.54 Å². The van der Waals surface area contributed by atoms with Crippen molar-refractivity contribution in [3.8, 4) is 5.69 Å². The van der Waals surface area contributed by atoms with Crippen LogP contribution in [0.3, 0.4) is 0 Å². The number of anilines is 1. The van der Waals surface area contributed by atoms with Gasteiger partial charge in [0.25, 0.3) is 0 Å². The first kappa shape index (κ1) is 20.0. The fourth-order valence-corrected chi connectivity index (χ4v) is 4.06. The summed E-state index contributed by atoms with van der Waals surface area (Å²) in [6, 6.07) is 21.2. The first-order valence-electron chi connectivity index (χ1n) is 10.5. The normalized spacial score (nSPS) is 16.7. The van der Waals surface area contributed by atoms with Crippen molar-refractivity contribution < 1.29 is 0 Å². The maximum absolute atomic E-state index is 4.74. The molecule has 1 unspecified atom stereocenters. The molecule has 1 atom stereocenters. The average Bonchev–Trinajstić information content (AvgIpc) is 3.37. The Hall–Kier alpha value is -3.28. The standard InChI is InChI=1S/C24H30N6/c1-18-23(19(2)30(28-18)22-12-8-5-9-13-22)16-26-24(25-3)27-20-14-15-29(17-20)21-10-6-4-7-11-21/h4-13,20H,14-17H2,1-3H3,(H2,25,26,27). The first-order chi connectivity index (χ1) is 14.7. The molecule has 6 heteroatoms. The Morgan fingerprint density at radius 3 is 2.37 bits per heavy atom. The SMILES string of the molecule is CN=C(NCc1c(C)nn(-c2ccccc2)c1C)NC1CCN(c2ccccc2)C1. The second-order valence-electron chi connectivity index (χ2n) is 7.73. The Morgan fingerprint density at radius 2 is 1.70 bits per heavy atom. The lowest BCUT2D eigenvalue weighted by Crippen LogP contribution is -2.44. The molecule has 1 fully saturated rings. The van der Waals surface area contributed by atoms with Crippen LogP contribution in [0.2, 0.25) is 0 Å². The summed E-state index contributed by atoms with van der Waals surface area (Å²) in [7, 11) is 1.83. The number of rotatable bonds is 5. The fourth-order valence-electron chi connectivity index (χ4n) is 4.06. The number of aromatic nitrogens is 2. The predicted molar refractivity (Wildman–Crippen MR) is 123 cm³/mol. The van der Waals surface area contributed by atoms with Gasteiger partial charge in [0.05, 0.1) is 11.4 Å². The molecule has 2 N–H and O–H groups in total. The van der Waals surface area contributed by atoms with Crippen LogP contribution in [-0.4, -0.2) is 41.9 Å². The Balaban J connectivity index is 1.37. The molecule has 1 aliphatic rings. The van der Waals surface area contributed by atoms with Crippen LogP contribution in [0.25, 0.3) is 5.69 Å². The summed E-state index contributed by atoms with van der Waals surface area (Å²) < 4.78 is 2.01. The Bertz CT molecular complexity index is 993. The molecule has 0 saturated carbocycles. The van der Waals surface area contributed by atoms with Crippen molar-refractivity contribution in [2.75, 3.05) is 25.0 Å². The number of para-hydroxylation sites is 2. The topological polar surface area (TPSA) is 57.5 Å². The lowest BCUT2D eigenvalue weighted by Gasteiger charge is -2.20. The number of benzene rings is 2. The largest absolute Gasteiger partial charge is 0.369 e. The quantitative estimate of drug-likeness (QED) is 0.507. The van der Waals surface area contributed by atoms with E-state index < -0.39 is 0 Å². The summed E-state index contributed by atoms with van der Waals surface area (Å²) in [6.45, 7) is 6.91. The van der Waals surface area contributed by atoms with E-state index >= 15 is 0 Å². The molecule has 0 amide bonds. The van der Waals surface area contributed by atoms with E-state index in [0.29, 0.717) is 12.6 Å². The molecule has 1 saturated heterocycles. The van der Waals surface area contributed by atoms with Crippen molar-refractivity contribution in [2.24, 2.45) is 4.99 Å². The molecule has 3 aromatic rings. The zero-order chi connectivity index (χ0) is 20.9. The van der Waals surface area contributed by atoms with Gasteiger partial charge in [-0.25, -0.2) is 4.68 Å². The van der Waals surface area contributed by atoms with E-state index in [4.69, 9.17) is 5.10 Å². The summed E-state index contributed by atoms with van der Waals surface area (Å²) in [5.74, 6) is 0.834. The average molecular weight is 403 g/mol. The van der Waals surface area contributed by atoms with E-state index in [1.807, 2.05) is 29.9 Å². The molecular weight excluding hydrogens is 372 g/mol. The molecule has 0 bridgehead atoms. The molecule has 1 aromatic heterocycles. The van der Waals surface area contributed by atoms with Crippen LogP contribution < -0.4 is 15.5 Å². The summed E-state index contributed by atoms with van der Waals surface area (Å²) in [5, 5.41) is 11.8. The number of guanidine groups is 1. The zero-order valence-corrected chi connectivity index (χ0v) is 18.0. The molecule has 0 spiro atoms. The van der Waals surface area contributed by atoms with Gasteiger partial charge in [-0.2, -0.15) is 5.10 Å². The second kappa shape index (κ2) is 9.03. The number of aliphatic imine (C=N–C) groups is 1. The van der Waals surface area contributed by atoms with Crippen molar-refractivity contribution in [1.82, 2.24) is 20.4 Å². The van der Waals surface area contributed by atoms with Gasteiger partial charge in [0.15, 0.2) is 5.96 Å². The zero-order valence-electron chi connectivity index (χ0n) is 18.0. The van der Waals surface area contributed by atoms with Crippen molar-refractivity contribution >= 4 is 11.6 Å². The van der Waals surface area contributed by atoms with Gasteiger partial charge in [-0.3, -0.25) is 4.99 Å². The van der Waals surface area contributed by atoms with Crippen LogP contribution in [0.1, 0.15) is 23.4 Å². The van der Waals surface area contributed by atoms with E-state index in [2.05, 4.69) is 76.8 Å². The minimum Gasteiger partial charge on any atom is -0.369 e. The Kier molecular flexibility index (Phi) is 6.02. The monoisotopic (exact) mass is 402 g/mol. The van der Waals surface area contributed by atoms with Gasteiger partial charge in [-0.1, -0.05) is 36.4 Å². The van der Waals surface area contributed by atoms with E-state index in [-0.39, 0.29) is 0 Å². The van der Waals surface area contributed by atoms with Gasteiger partial charge in [-0.05, 0) is 44.5 Å². The van der Waals surface area contributed by atoms with Gasteiger partial charge in [-0.15, -0.1) is 0 Å². The Morgan fingerprint density at radius 1 is 1.03 bits per heavy atom. The number of hydrogen-bond acceptors (Lipinski definition) is 3. The molecule has 2 aromatic carbocycles. The maximum atomic E-state index is 4.74. The third-order valence-electron chi connectivity index (χ3n) is 5.75. The highest BCUT2D eigenvalue weighted by Crippen LogP contribution is 2.20. The molecule has 0 aliphatic carbocycles. The molecule has 4 rings (SSSR count). The van der Waals surface area contributed by atoms with Crippen LogP contribution in [0.4, 0.5) is 5.69 Å². The van der Waals surface area contributed by atoms with Crippen molar-refractivity contribution in [3.63, 3.8) is 0 Å². The van der Waals surface area contributed by atoms with E-state index in [1.165, 1.54) is 11.3 Å². The minimum absolute atomic E-state index is 0.380. The number of aryl methyl sites for hydroxylation is 1. The van der Waals surface area contributed by atoms with Gasteiger partial charge in [0.2, 0.25) is 0 Å². The molecule has 2 heterocycles. The summed E-state index contributed by atoms with van der Waals surface area (Å²) >= 11 is 0. The minimum atomic E-state index is 0.380. The predicted octanol–water partition coefficient (Wildman–Crippen LogP) is 3.43. The van der Waals surface area contributed by atoms with Gasteiger partial charge in [0.1, 0.15) is 0 Å². The van der Waals surface area contributed by atoms with Crippen molar-refractivity contribution in [1.29, 1.82) is 0 Å². The Labute approximate surface area is 178 Å². The number of nitrogens with zero attached hydrogens (tertiary/aromatic N) is 4. The maximum Gasteiger partial charge on any atom is 0.191 e. The molecule has 1 aliphatic heterocycles. The third-order valence-corrected chi connectivity index (χ3v) is 5.75. The highest BCUT2D eigenvalue weighted by molar-refractivity contribution is 5.80. The second-order valence-corrected chi connectivity index (χ2v) is 7.73. The molecule has 30 heavy (non-hydrogen) atoms. The first-order valence-corrected chi connectivity index (χ1v) is 10.5. The number of hydrogen-bond donors (Lipinski definition) is 2. The summed E-state index contributed by atoms with van der Waals surface area (Å²) in [4.78, 5) is 6.86. The smallest absolute Gasteiger partial charge is 0.191 e. The molecule has 6 nitrogen and oxygen atoms in total. The van der Waals surface area contributed by atoms with E-state index in [1.54, 1.807) is 0 Å². The molecule has 0 radical (unpaired) electrons. The van der Waals surface area contributed by atoms with Crippen molar-refractivity contribution in [2.45, 2.75) is 32.9 Å². The summed E-state index contributed by atoms with van der Waals surface area (Å²) in [6.07, 6.45) is 1.10. The lowest BCUT2D eigenvalue weighted by atomic mass is 10.2. The van der Waals surface area contributed by atoms with Crippen molar-refractivity contribution in [3.05, 3.63) is 77.6 Å². The lowest BCUT2D eigenvalue weighted by molar-refractivity contribution is 0.648. The molecule has 156 valence electrons. The van der Waals surface area contributed by atoms with E-state index in [9.17, 15) is 0 Å². The molecular formula is C24H30N6. The van der Waals surface area contributed by atoms with Crippen LogP contribution in [0.15, 0.2) is 65.7 Å². The summed E-state index contributed by atoms with van der Waals surface area (Å²) in [5.41, 5.74) is 5.76. The van der Waals surface area contributed by atoms with Crippen LogP contribution >= 0.6 is 0 Å². The van der Waals surface area contributed by atoms with E-state index in [0.717, 1.165) is 42.5 Å². The fraction of sp³-hybridized carbons (Fsp3) is 0.333. The van der Waals surface area contributed by atoms with Gasteiger partial charge >= 0.3 is 0 Å². The van der Waals surface area contributed by atoms with Crippen LogP contribution in [0, 0.1) is 13.8 Å². The highest BCUT2D eigenvalue weighted by atomic mass is 15.3. The van der Waals surface area contributed by atoms with Crippen LogP contribution in [0.5, 0.6) is 0 Å². The van der Waals surface area contributed by atoms with Gasteiger partial charge < -0.3 is 15.5 Å². The number of nitrogens with one attached hydrogen (secondary N) is 2. The highest BCUT2D eigenvalue weighted by Gasteiger charge is 2.23. The van der Waals surface area contributed by atoms with Gasteiger partial charge in [0, 0.05) is 49.7 Å². The third kappa shape index (κ3) is 4.32.